The highest BCUT2D eigenvalue weighted by atomic mass is 35.5. The summed E-state index contributed by atoms with van der Waals surface area (Å²) in [6.07, 6.45) is 0.380. The van der Waals surface area contributed by atoms with Crippen LogP contribution < -0.4 is 9.64 Å². The number of carbonyl (C=O) groups is 1. The van der Waals surface area contributed by atoms with E-state index in [4.69, 9.17) is 9.72 Å². The first kappa shape index (κ1) is 24.1. The zero-order valence-corrected chi connectivity index (χ0v) is 20.1. The Morgan fingerprint density at radius 3 is 2.33 bits per heavy atom. The van der Waals surface area contributed by atoms with Crippen LogP contribution in [0.2, 0.25) is 0 Å². The molecular weight excluding hydrogens is 418 g/mol. The molecule has 5 nitrogen and oxygen atoms in total. The third-order valence-electron chi connectivity index (χ3n) is 5.06. The van der Waals surface area contributed by atoms with Crippen LogP contribution in [-0.4, -0.2) is 50.1 Å². The first-order valence-corrected chi connectivity index (χ1v) is 10.6. The molecule has 0 fully saturated rings. The fraction of sp³-hybridized carbons (Fsp3) is 0.391. The normalized spacial score (nSPS) is 10.9. The molecule has 2 aromatic carbocycles. The third kappa shape index (κ3) is 5.50. The predicted molar refractivity (Wildman–Crippen MR) is 129 cm³/mol. The number of hydrogen-bond donors (Lipinski definition) is 0. The number of hydrogen-bond acceptors (Lipinski definition) is 5. The molecule has 0 aliphatic rings. The van der Waals surface area contributed by atoms with E-state index in [1.165, 1.54) is 16.9 Å². The topological polar surface area (TPSA) is 45.7 Å². The average molecular weight is 448 g/mol. The van der Waals surface area contributed by atoms with Crippen LogP contribution in [0.4, 0.5) is 5.13 Å². The fourth-order valence-corrected chi connectivity index (χ4v) is 4.53. The van der Waals surface area contributed by atoms with Crippen molar-refractivity contribution in [2.75, 3.05) is 39.2 Å². The number of fused-ring (bicyclic) bond motifs is 1. The second-order valence-corrected chi connectivity index (χ2v) is 8.74. The lowest BCUT2D eigenvalue weighted by atomic mass is 9.97. The van der Waals surface area contributed by atoms with Crippen molar-refractivity contribution < 1.29 is 9.53 Å². The lowest BCUT2D eigenvalue weighted by molar-refractivity contribution is -0.118. The van der Waals surface area contributed by atoms with Crippen LogP contribution >= 0.6 is 23.7 Å². The molecule has 30 heavy (non-hydrogen) atoms. The summed E-state index contributed by atoms with van der Waals surface area (Å²) in [5, 5.41) is 0.738. The highest BCUT2D eigenvalue weighted by molar-refractivity contribution is 7.22. The van der Waals surface area contributed by atoms with E-state index in [-0.39, 0.29) is 18.3 Å². The van der Waals surface area contributed by atoms with Crippen LogP contribution in [0.3, 0.4) is 0 Å². The quantitative estimate of drug-likeness (QED) is 0.522. The maximum absolute atomic E-state index is 13.4. The molecule has 0 spiro atoms. The van der Waals surface area contributed by atoms with E-state index in [1.807, 2.05) is 37.2 Å². The number of methoxy groups -OCH3 is 1. The van der Waals surface area contributed by atoms with Gasteiger partial charge in [0, 0.05) is 13.1 Å². The maximum atomic E-state index is 13.4. The van der Waals surface area contributed by atoms with Crippen molar-refractivity contribution >= 4 is 45.0 Å². The lowest BCUT2D eigenvalue weighted by Gasteiger charge is -2.23. The Hall–Kier alpha value is -2.15. The highest BCUT2D eigenvalue weighted by Gasteiger charge is 2.21. The minimum Gasteiger partial charge on any atom is -0.497 e. The van der Waals surface area contributed by atoms with Gasteiger partial charge in [-0.1, -0.05) is 29.0 Å². The number of anilines is 1. The summed E-state index contributed by atoms with van der Waals surface area (Å²) in [7, 11) is 5.68. The number of likely N-dealkylation sites (N-methyl/N-ethyl adjacent to an activating group) is 1. The summed E-state index contributed by atoms with van der Waals surface area (Å²) in [5.41, 5.74) is 5.55. The van der Waals surface area contributed by atoms with Crippen LogP contribution in [-0.2, 0) is 11.2 Å². The molecule has 1 amide bonds. The molecule has 1 aromatic heterocycles. The van der Waals surface area contributed by atoms with Gasteiger partial charge >= 0.3 is 0 Å². The van der Waals surface area contributed by atoms with Crippen LogP contribution in [0.25, 0.3) is 10.2 Å². The van der Waals surface area contributed by atoms with Gasteiger partial charge < -0.3 is 9.64 Å². The van der Waals surface area contributed by atoms with Crippen molar-refractivity contribution in [3.05, 3.63) is 52.6 Å². The SMILES string of the molecule is COc1ccc2nc(N(CCN(C)C)C(=O)Cc3c(C)cc(C)cc3C)sc2c1.Cl. The number of halogens is 1. The molecule has 1 heterocycles. The van der Waals surface area contributed by atoms with Gasteiger partial charge in [0.1, 0.15) is 5.75 Å². The van der Waals surface area contributed by atoms with Crippen molar-refractivity contribution in [2.24, 2.45) is 0 Å². The maximum Gasteiger partial charge on any atom is 0.233 e. The number of aryl methyl sites for hydroxylation is 3. The Morgan fingerprint density at radius 1 is 1.07 bits per heavy atom. The number of carbonyl (C=O) groups excluding carboxylic acids is 1. The van der Waals surface area contributed by atoms with Crippen molar-refractivity contribution in [1.82, 2.24) is 9.88 Å². The molecule has 0 radical (unpaired) electrons. The highest BCUT2D eigenvalue weighted by Crippen LogP contribution is 2.32. The van der Waals surface area contributed by atoms with Crippen molar-refractivity contribution in [1.29, 1.82) is 0 Å². The molecule has 0 unspecified atom stereocenters. The van der Waals surface area contributed by atoms with Gasteiger partial charge in [-0.05, 0) is 69.8 Å². The molecule has 162 valence electrons. The summed E-state index contributed by atoms with van der Waals surface area (Å²) in [4.78, 5) is 22.0. The molecule has 0 aliphatic carbocycles. The second kappa shape index (κ2) is 10.2. The summed E-state index contributed by atoms with van der Waals surface area (Å²) >= 11 is 1.53. The van der Waals surface area contributed by atoms with Gasteiger partial charge in [0.2, 0.25) is 5.91 Å². The Balaban J connectivity index is 0.00000320. The van der Waals surface area contributed by atoms with E-state index in [0.717, 1.165) is 44.3 Å². The smallest absolute Gasteiger partial charge is 0.233 e. The van der Waals surface area contributed by atoms with E-state index < -0.39 is 0 Å². The fourth-order valence-electron chi connectivity index (χ4n) is 3.50. The van der Waals surface area contributed by atoms with E-state index in [9.17, 15) is 4.79 Å². The molecule has 0 aliphatic heterocycles. The second-order valence-electron chi connectivity index (χ2n) is 7.73. The molecule has 0 bridgehead atoms. The monoisotopic (exact) mass is 447 g/mol. The number of thiazole rings is 1. The van der Waals surface area contributed by atoms with Gasteiger partial charge in [0.15, 0.2) is 5.13 Å². The van der Waals surface area contributed by atoms with Crippen LogP contribution in [0, 0.1) is 20.8 Å². The Bertz CT molecular complexity index is 1010. The van der Waals surface area contributed by atoms with Gasteiger partial charge in [-0.2, -0.15) is 0 Å². The third-order valence-corrected chi connectivity index (χ3v) is 6.10. The number of amides is 1. The van der Waals surface area contributed by atoms with E-state index in [0.29, 0.717) is 13.0 Å². The largest absolute Gasteiger partial charge is 0.497 e. The Labute approximate surface area is 189 Å². The van der Waals surface area contributed by atoms with Gasteiger partial charge in [0.05, 0.1) is 23.7 Å². The molecule has 0 saturated heterocycles. The predicted octanol–water partition coefficient (Wildman–Crippen LogP) is 4.79. The van der Waals surface area contributed by atoms with Gasteiger partial charge in [0.25, 0.3) is 0 Å². The van der Waals surface area contributed by atoms with Crippen molar-refractivity contribution in [3.63, 3.8) is 0 Å². The number of aromatic nitrogens is 1. The van der Waals surface area contributed by atoms with E-state index in [2.05, 4.69) is 37.8 Å². The van der Waals surface area contributed by atoms with Gasteiger partial charge in [-0.25, -0.2) is 4.98 Å². The minimum atomic E-state index is 0. The van der Waals surface area contributed by atoms with Crippen LogP contribution in [0.5, 0.6) is 5.75 Å². The summed E-state index contributed by atoms with van der Waals surface area (Å²) in [5.74, 6) is 0.873. The van der Waals surface area contributed by atoms with Crippen LogP contribution in [0.15, 0.2) is 30.3 Å². The summed E-state index contributed by atoms with van der Waals surface area (Å²) in [6, 6.07) is 10.1. The van der Waals surface area contributed by atoms with Gasteiger partial charge in [-0.3, -0.25) is 9.69 Å². The number of rotatable bonds is 7. The number of benzene rings is 2. The summed E-state index contributed by atoms with van der Waals surface area (Å²) in [6.45, 7) is 7.63. The van der Waals surface area contributed by atoms with Gasteiger partial charge in [-0.15, -0.1) is 12.4 Å². The zero-order chi connectivity index (χ0) is 21.1. The molecule has 7 heteroatoms. The standard InChI is InChI=1S/C23H29N3O2S.ClH/c1-15-11-16(2)19(17(3)12-15)14-22(27)26(10-9-25(4)5)23-24-20-8-7-18(28-6)13-21(20)29-23;/h7-8,11-13H,9-10,14H2,1-6H3;1H. The van der Waals surface area contributed by atoms with E-state index in [1.54, 1.807) is 7.11 Å². The molecule has 3 rings (SSSR count). The van der Waals surface area contributed by atoms with Crippen molar-refractivity contribution in [3.8, 4) is 5.75 Å². The van der Waals surface area contributed by atoms with Crippen molar-refractivity contribution in [2.45, 2.75) is 27.2 Å². The molecule has 0 atom stereocenters. The number of nitrogens with zero attached hydrogens (tertiary/aromatic N) is 3. The zero-order valence-electron chi connectivity index (χ0n) is 18.5. The lowest BCUT2D eigenvalue weighted by Crippen LogP contribution is -2.37. The summed E-state index contributed by atoms with van der Waals surface area (Å²) < 4.78 is 6.34. The van der Waals surface area contributed by atoms with Crippen LogP contribution in [0.1, 0.15) is 22.3 Å². The first-order chi connectivity index (χ1) is 13.8. The number of ether oxygens (including phenoxy) is 1. The Morgan fingerprint density at radius 2 is 1.73 bits per heavy atom. The molecule has 0 saturated carbocycles. The average Bonchev–Trinajstić information content (AvgIpc) is 3.07. The Kier molecular flexibility index (Phi) is 8.24. The molecular formula is C23H30ClN3O2S. The molecule has 0 N–H and O–H groups in total. The first-order valence-electron chi connectivity index (χ1n) is 9.75. The minimum absolute atomic E-state index is 0. The molecule has 3 aromatic rings. The van der Waals surface area contributed by atoms with E-state index >= 15 is 0 Å².